The van der Waals surface area contributed by atoms with Crippen LogP contribution in [0.25, 0.3) is 0 Å². The summed E-state index contributed by atoms with van der Waals surface area (Å²) in [7, 11) is 1.64. The van der Waals surface area contributed by atoms with E-state index >= 15 is 0 Å². The Bertz CT molecular complexity index is 765. The van der Waals surface area contributed by atoms with Gasteiger partial charge in [-0.1, -0.05) is 35.3 Å². The fourth-order valence-electron chi connectivity index (χ4n) is 1.96. The highest BCUT2D eigenvalue weighted by Gasteiger charge is 2.13. The number of amides is 2. The van der Waals surface area contributed by atoms with Gasteiger partial charge in [-0.2, -0.15) is 0 Å². The van der Waals surface area contributed by atoms with E-state index in [1.165, 1.54) is 17.9 Å². The Balaban J connectivity index is 2.04. The first-order valence-corrected chi connectivity index (χ1v) is 7.85. The fourth-order valence-corrected chi connectivity index (χ4v) is 2.43. The van der Waals surface area contributed by atoms with Crippen LogP contribution in [0.4, 0.5) is 11.4 Å². The predicted octanol–water partition coefficient (Wildman–Crippen LogP) is 3.99. The lowest BCUT2D eigenvalue weighted by Crippen LogP contribution is -2.26. The van der Waals surface area contributed by atoms with Gasteiger partial charge in [0.05, 0.1) is 16.4 Å². The SMILES string of the molecule is CC(=O)N(C)c1ccccc1NC(=O)COc1ccc(Cl)cc1Cl. The van der Waals surface area contributed by atoms with Gasteiger partial charge in [0.2, 0.25) is 5.91 Å². The van der Waals surface area contributed by atoms with Gasteiger partial charge in [-0.15, -0.1) is 0 Å². The second-order valence-electron chi connectivity index (χ2n) is 5.01. The standard InChI is InChI=1S/C17H16Cl2N2O3/c1-11(22)21(2)15-6-4-3-5-14(15)20-17(23)10-24-16-8-7-12(18)9-13(16)19/h3-9H,10H2,1-2H3,(H,20,23). The van der Waals surface area contributed by atoms with Crippen molar-refractivity contribution in [2.24, 2.45) is 0 Å². The molecule has 0 saturated heterocycles. The first-order chi connectivity index (χ1) is 11.4. The lowest BCUT2D eigenvalue weighted by atomic mass is 10.2. The largest absolute Gasteiger partial charge is 0.482 e. The molecule has 1 N–H and O–H groups in total. The number of carbonyl (C=O) groups excluding carboxylic acids is 2. The maximum Gasteiger partial charge on any atom is 0.262 e. The summed E-state index contributed by atoms with van der Waals surface area (Å²) in [5.74, 6) is -0.142. The molecule has 0 spiro atoms. The molecule has 2 amide bonds. The number of para-hydroxylation sites is 2. The van der Waals surface area contributed by atoms with E-state index in [1.807, 2.05) is 0 Å². The van der Waals surface area contributed by atoms with Crippen molar-refractivity contribution in [2.45, 2.75) is 6.92 Å². The third kappa shape index (κ3) is 4.63. The van der Waals surface area contributed by atoms with Gasteiger partial charge in [-0.25, -0.2) is 0 Å². The van der Waals surface area contributed by atoms with E-state index in [-0.39, 0.29) is 18.4 Å². The van der Waals surface area contributed by atoms with Crippen LogP contribution >= 0.6 is 23.2 Å². The minimum Gasteiger partial charge on any atom is -0.482 e. The average Bonchev–Trinajstić information content (AvgIpc) is 2.53. The molecular weight excluding hydrogens is 351 g/mol. The summed E-state index contributed by atoms with van der Waals surface area (Å²) in [5, 5.41) is 3.53. The van der Waals surface area contributed by atoms with Gasteiger partial charge in [0.15, 0.2) is 6.61 Å². The number of anilines is 2. The van der Waals surface area contributed by atoms with E-state index in [1.54, 1.807) is 43.4 Å². The molecule has 0 atom stereocenters. The molecule has 0 aliphatic heterocycles. The Morgan fingerprint density at radius 1 is 1.17 bits per heavy atom. The second-order valence-corrected chi connectivity index (χ2v) is 5.85. The Morgan fingerprint density at radius 2 is 1.88 bits per heavy atom. The Morgan fingerprint density at radius 3 is 2.54 bits per heavy atom. The van der Waals surface area contributed by atoms with E-state index in [0.717, 1.165) is 0 Å². The van der Waals surface area contributed by atoms with Crippen LogP contribution in [0.1, 0.15) is 6.92 Å². The lowest BCUT2D eigenvalue weighted by Gasteiger charge is -2.19. The third-order valence-electron chi connectivity index (χ3n) is 3.26. The maximum absolute atomic E-state index is 12.1. The molecule has 0 aliphatic rings. The zero-order valence-corrected chi connectivity index (χ0v) is 14.7. The molecule has 0 fully saturated rings. The van der Waals surface area contributed by atoms with Crippen molar-refractivity contribution in [2.75, 3.05) is 23.9 Å². The summed E-state index contributed by atoms with van der Waals surface area (Å²) in [6.45, 7) is 1.23. The van der Waals surface area contributed by atoms with E-state index in [0.29, 0.717) is 27.2 Å². The molecule has 7 heteroatoms. The van der Waals surface area contributed by atoms with Gasteiger partial charge in [0, 0.05) is 19.0 Å². The zero-order valence-electron chi connectivity index (χ0n) is 13.2. The van der Waals surface area contributed by atoms with Crippen LogP contribution in [0.15, 0.2) is 42.5 Å². The highest BCUT2D eigenvalue weighted by atomic mass is 35.5. The van der Waals surface area contributed by atoms with Gasteiger partial charge in [0.1, 0.15) is 5.75 Å². The van der Waals surface area contributed by atoms with Crippen LogP contribution < -0.4 is 15.0 Å². The van der Waals surface area contributed by atoms with Crippen molar-refractivity contribution in [3.05, 3.63) is 52.5 Å². The number of hydrogen-bond donors (Lipinski definition) is 1. The molecule has 2 rings (SSSR count). The second kappa shape index (κ2) is 8.04. The molecule has 0 bridgehead atoms. The molecule has 24 heavy (non-hydrogen) atoms. The van der Waals surface area contributed by atoms with Gasteiger partial charge >= 0.3 is 0 Å². The van der Waals surface area contributed by atoms with Crippen LogP contribution in [0.2, 0.25) is 10.0 Å². The summed E-state index contributed by atoms with van der Waals surface area (Å²) in [6.07, 6.45) is 0. The Hall–Kier alpha value is -2.24. The van der Waals surface area contributed by atoms with Crippen molar-refractivity contribution >= 4 is 46.4 Å². The summed E-state index contributed by atoms with van der Waals surface area (Å²) in [6, 6.07) is 11.8. The fraction of sp³-hybridized carbons (Fsp3) is 0.176. The van der Waals surface area contributed by atoms with Gasteiger partial charge in [0.25, 0.3) is 5.91 Å². The highest BCUT2D eigenvalue weighted by Crippen LogP contribution is 2.28. The molecule has 5 nitrogen and oxygen atoms in total. The zero-order chi connectivity index (χ0) is 17.7. The number of nitrogens with zero attached hydrogens (tertiary/aromatic N) is 1. The molecule has 0 heterocycles. The predicted molar refractivity (Wildman–Crippen MR) is 96.1 cm³/mol. The van der Waals surface area contributed by atoms with Crippen molar-refractivity contribution < 1.29 is 14.3 Å². The quantitative estimate of drug-likeness (QED) is 0.869. The molecule has 0 aromatic heterocycles. The first-order valence-electron chi connectivity index (χ1n) is 7.09. The number of hydrogen-bond acceptors (Lipinski definition) is 3. The molecule has 2 aromatic carbocycles. The minimum atomic E-state index is -0.370. The number of ether oxygens (including phenoxy) is 1. The smallest absolute Gasteiger partial charge is 0.262 e. The summed E-state index contributed by atoms with van der Waals surface area (Å²) in [5.41, 5.74) is 1.12. The highest BCUT2D eigenvalue weighted by molar-refractivity contribution is 6.35. The van der Waals surface area contributed by atoms with E-state index in [9.17, 15) is 9.59 Å². The molecule has 0 unspecified atom stereocenters. The number of benzene rings is 2. The number of halogens is 2. The van der Waals surface area contributed by atoms with Crippen molar-refractivity contribution in [3.8, 4) is 5.75 Å². The van der Waals surface area contributed by atoms with Crippen molar-refractivity contribution in [1.82, 2.24) is 0 Å². The van der Waals surface area contributed by atoms with Crippen LogP contribution in [0.5, 0.6) is 5.75 Å². The molecule has 0 radical (unpaired) electrons. The van der Waals surface area contributed by atoms with Crippen LogP contribution in [0, 0.1) is 0 Å². The Labute approximate surface area is 150 Å². The molecule has 2 aromatic rings. The molecular formula is C17H16Cl2N2O3. The summed E-state index contributed by atoms with van der Waals surface area (Å²) >= 11 is 11.8. The van der Waals surface area contributed by atoms with Gasteiger partial charge in [-0.3, -0.25) is 9.59 Å². The van der Waals surface area contributed by atoms with Gasteiger partial charge < -0.3 is 15.0 Å². The molecule has 0 aliphatic carbocycles. The number of rotatable bonds is 5. The van der Waals surface area contributed by atoms with E-state index < -0.39 is 0 Å². The number of nitrogens with one attached hydrogen (secondary N) is 1. The topological polar surface area (TPSA) is 58.6 Å². The third-order valence-corrected chi connectivity index (χ3v) is 3.79. The first kappa shape index (κ1) is 18.1. The van der Waals surface area contributed by atoms with Gasteiger partial charge in [-0.05, 0) is 30.3 Å². The van der Waals surface area contributed by atoms with Crippen molar-refractivity contribution in [1.29, 1.82) is 0 Å². The van der Waals surface area contributed by atoms with Crippen LogP contribution in [-0.4, -0.2) is 25.5 Å². The maximum atomic E-state index is 12.1. The van der Waals surface area contributed by atoms with E-state index in [4.69, 9.17) is 27.9 Å². The van der Waals surface area contributed by atoms with Crippen LogP contribution in [-0.2, 0) is 9.59 Å². The van der Waals surface area contributed by atoms with Crippen LogP contribution in [0.3, 0.4) is 0 Å². The minimum absolute atomic E-state index is 0.138. The lowest BCUT2D eigenvalue weighted by molar-refractivity contribution is -0.118. The average molecular weight is 367 g/mol. The monoisotopic (exact) mass is 366 g/mol. The normalized spacial score (nSPS) is 10.2. The summed E-state index contributed by atoms with van der Waals surface area (Å²) < 4.78 is 5.39. The molecule has 0 saturated carbocycles. The number of carbonyl (C=O) groups is 2. The molecule has 126 valence electrons. The Kier molecular flexibility index (Phi) is 6.06. The van der Waals surface area contributed by atoms with E-state index in [2.05, 4.69) is 5.32 Å². The van der Waals surface area contributed by atoms with Crippen molar-refractivity contribution in [3.63, 3.8) is 0 Å². The summed E-state index contributed by atoms with van der Waals surface area (Å²) in [4.78, 5) is 25.1.